The highest BCUT2D eigenvalue weighted by molar-refractivity contribution is 5.96. The minimum absolute atomic E-state index is 0.0976. The summed E-state index contributed by atoms with van der Waals surface area (Å²) >= 11 is 0. The number of hydrogen-bond donors (Lipinski definition) is 3. The van der Waals surface area contributed by atoms with E-state index in [0.29, 0.717) is 6.42 Å². The molecule has 0 bridgehead atoms. The summed E-state index contributed by atoms with van der Waals surface area (Å²) in [4.78, 5) is 35.6. The summed E-state index contributed by atoms with van der Waals surface area (Å²) in [5, 5.41) is 14.3. The van der Waals surface area contributed by atoms with Gasteiger partial charge in [-0.2, -0.15) is 0 Å². The highest BCUT2D eigenvalue weighted by atomic mass is 16.4. The molecule has 2 unspecified atom stereocenters. The van der Waals surface area contributed by atoms with Crippen LogP contribution in [0.1, 0.15) is 44.7 Å². The molecule has 2 amide bonds. The third kappa shape index (κ3) is 5.77. The molecular weight excluding hydrogens is 300 g/mol. The van der Waals surface area contributed by atoms with Crippen molar-refractivity contribution in [1.29, 1.82) is 0 Å². The molecule has 2 atom stereocenters. The van der Waals surface area contributed by atoms with E-state index in [1.807, 2.05) is 13.8 Å². The van der Waals surface area contributed by atoms with Crippen LogP contribution in [0.25, 0.3) is 0 Å². The van der Waals surface area contributed by atoms with Gasteiger partial charge in [-0.25, -0.2) is 4.79 Å². The number of aliphatic carboxylic acids is 1. The van der Waals surface area contributed by atoms with Crippen molar-refractivity contribution in [2.24, 2.45) is 11.8 Å². The van der Waals surface area contributed by atoms with Crippen molar-refractivity contribution < 1.29 is 23.9 Å². The van der Waals surface area contributed by atoms with E-state index in [1.165, 1.54) is 12.3 Å². The van der Waals surface area contributed by atoms with Gasteiger partial charge in [0.1, 0.15) is 12.1 Å². The molecular formula is C16H24N2O5. The lowest BCUT2D eigenvalue weighted by atomic mass is 10.0. The Hall–Kier alpha value is -2.31. The monoisotopic (exact) mass is 324 g/mol. The smallest absolute Gasteiger partial charge is 0.326 e. The molecule has 1 aromatic heterocycles. The quantitative estimate of drug-likeness (QED) is 0.674. The summed E-state index contributed by atoms with van der Waals surface area (Å²) in [6.07, 6.45) is 1.68. The number of hydrogen-bond acceptors (Lipinski definition) is 4. The SMILES string of the molecule is CC(C)CC(NC(=O)C(NC(=O)c1ccco1)C(C)C)C(=O)O. The molecule has 0 aliphatic carbocycles. The van der Waals surface area contributed by atoms with E-state index in [2.05, 4.69) is 10.6 Å². The maximum Gasteiger partial charge on any atom is 0.326 e. The molecule has 0 aliphatic rings. The van der Waals surface area contributed by atoms with Gasteiger partial charge in [-0.15, -0.1) is 0 Å². The summed E-state index contributed by atoms with van der Waals surface area (Å²) in [6.45, 7) is 7.29. The van der Waals surface area contributed by atoms with Crippen LogP contribution >= 0.6 is 0 Å². The van der Waals surface area contributed by atoms with E-state index in [4.69, 9.17) is 4.42 Å². The molecule has 128 valence electrons. The largest absolute Gasteiger partial charge is 0.480 e. The highest BCUT2D eigenvalue weighted by Crippen LogP contribution is 2.09. The number of nitrogens with one attached hydrogen (secondary N) is 2. The Morgan fingerprint density at radius 2 is 1.83 bits per heavy atom. The third-order valence-corrected chi connectivity index (χ3v) is 3.30. The van der Waals surface area contributed by atoms with Crippen molar-refractivity contribution in [3.05, 3.63) is 24.2 Å². The van der Waals surface area contributed by atoms with Crippen LogP contribution in [-0.4, -0.2) is 35.0 Å². The van der Waals surface area contributed by atoms with E-state index in [-0.39, 0.29) is 17.6 Å². The highest BCUT2D eigenvalue weighted by Gasteiger charge is 2.29. The van der Waals surface area contributed by atoms with E-state index in [0.717, 1.165) is 0 Å². The van der Waals surface area contributed by atoms with E-state index >= 15 is 0 Å². The number of amides is 2. The maximum atomic E-state index is 12.4. The maximum absolute atomic E-state index is 12.4. The zero-order valence-corrected chi connectivity index (χ0v) is 13.8. The molecule has 23 heavy (non-hydrogen) atoms. The summed E-state index contributed by atoms with van der Waals surface area (Å²) < 4.78 is 4.99. The molecule has 0 spiro atoms. The summed E-state index contributed by atoms with van der Waals surface area (Å²) in [5.41, 5.74) is 0. The Morgan fingerprint density at radius 3 is 2.26 bits per heavy atom. The normalized spacial score (nSPS) is 13.7. The number of carbonyl (C=O) groups excluding carboxylic acids is 2. The van der Waals surface area contributed by atoms with Gasteiger partial charge in [0.25, 0.3) is 5.91 Å². The van der Waals surface area contributed by atoms with Crippen molar-refractivity contribution in [2.45, 2.75) is 46.2 Å². The van der Waals surface area contributed by atoms with Crippen molar-refractivity contribution in [3.63, 3.8) is 0 Å². The predicted molar refractivity (Wildman–Crippen MR) is 83.8 cm³/mol. The second kappa shape index (κ2) is 8.36. The number of carboxylic acid groups (broad SMARTS) is 1. The standard InChI is InChI=1S/C16H24N2O5/c1-9(2)8-11(16(21)22)17-15(20)13(10(3)4)18-14(19)12-6-5-7-23-12/h5-7,9-11,13H,8H2,1-4H3,(H,17,20)(H,18,19)(H,21,22). The molecule has 1 rings (SSSR count). The zero-order chi connectivity index (χ0) is 17.6. The lowest BCUT2D eigenvalue weighted by Crippen LogP contribution is -2.53. The molecule has 1 aromatic rings. The van der Waals surface area contributed by atoms with Crippen LogP contribution in [0.15, 0.2) is 22.8 Å². The Kier molecular flexibility index (Phi) is 6.81. The Balaban J connectivity index is 2.77. The number of carboxylic acids is 1. The molecule has 0 saturated carbocycles. The fourth-order valence-corrected chi connectivity index (χ4v) is 2.11. The van der Waals surface area contributed by atoms with E-state index < -0.39 is 29.9 Å². The fraction of sp³-hybridized carbons (Fsp3) is 0.562. The Morgan fingerprint density at radius 1 is 1.17 bits per heavy atom. The van der Waals surface area contributed by atoms with Gasteiger partial charge in [-0.05, 0) is 30.4 Å². The first-order valence-corrected chi connectivity index (χ1v) is 7.60. The van der Waals surface area contributed by atoms with E-state index in [9.17, 15) is 19.5 Å². The van der Waals surface area contributed by atoms with Crippen LogP contribution in [0.2, 0.25) is 0 Å². The number of furan rings is 1. The minimum atomic E-state index is -1.09. The van der Waals surface area contributed by atoms with Crippen LogP contribution in [0.3, 0.4) is 0 Å². The Bertz CT molecular complexity index is 537. The van der Waals surface area contributed by atoms with Gasteiger partial charge in [0, 0.05) is 0 Å². The Labute approximate surface area is 135 Å². The van der Waals surface area contributed by atoms with Gasteiger partial charge < -0.3 is 20.2 Å². The molecule has 7 nitrogen and oxygen atoms in total. The topological polar surface area (TPSA) is 109 Å². The van der Waals surface area contributed by atoms with Crippen LogP contribution in [0.5, 0.6) is 0 Å². The van der Waals surface area contributed by atoms with Crippen LogP contribution in [-0.2, 0) is 9.59 Å². The lowest BCUT2D eigenvalue weighted by Gasteiger charge is -2.24. The zero-order valence-electron chi connectivity index (χ0n) is 13.8. The molecule has 0 aliphatic heterocycles. The van der Waals surface area contributed by atoms with Gasteiger partial charge in [0.05, 0.1) is 6.26 Å². The molecule has 0 fully saturated rings. The first kappa shape index (κ1) is 18.7. The van der Waals surface area contributed by atoms with Gasteiger partial charge >= 0.3 is 5.97 Å². The average Bonchev–Trinajstić information content (AvgIpc) is 2.96. The minimum Gasteiger partial charge on any atom is -0.480 e. The lowest BCUT2D eigenvalue weighted by molar-refractivity contribution is -0.142. The third-order valence-electron chi connectivity index (χ3n) is 3.30. The first-order valence-electron chi connectivity index (χ1n) is 7.60. The first-order chi connectivity index (χ1) is 10.7. The fourth-order valence-electron chi connectivity index (χ4n) is 2.11. The van der Waals surface area contributed by atoms with Gasteiger partial charge in [-0.1, -0.05) is 27.7 Å². The van der Waals surface area contributed by atoms with Crippen molar-refractivity contribution in [1.82, 2.24) is 10.6 Å². The van der Waals surface area contributed by atoms with Gasteiger partial charge in [0.2, 0.25) is 5.91 Å². The predicted octanol–water partition coefficient (Wildman–Crippen LogP) is 1.65. The van der Waals surface area contributed by atoms with Crippen LogP contribution in [0.4, 0.5) is 0 Å². The summed E-state index contributed by atoms with van der Waals surface area (Å²) in [6, 6.07) is 1.23. The second-order valence-electron chi connectivity index (χ2n) is 6.20. The summed E-state index contributed by atoms with van der Waals surface area (Å²) in [5.74, 6) is -2.12. The molecule has 0 saturated heterocycles. The van der Waals surface area contributed by atoms with Crippen LogP contribution < -0.4 is 10.6 Å². The number of carbonyl (C=O) groups is 3. The average molecular weight is 324 g/mol. The molecule has 0 aromatic carbocycles. The summed E-state index contributed by atoms with van der Waals surface area (Å²) in [7, 11) is 0. The molecule has 1 heterocycles. The molecule has 7 heteroatoms. The van der Waals surface area contributed by atoms with Gasteiger partial charge in [0.15, 0.2) is 5.76 Å². The van der Waals surface area contributed by atoms with Crippen LogP contribution in [0, 0.1) is 11.8 Å². The molecule has 3 N–H and O–H groups in total. The van der Waals surface area contributed by atoms with Crippen molar-refractivity contribution in [2.75, 3.05) is 0 Å². The van der Waals surface area contributed by atoms with Gasteiger partial charge in [-0.3, -0.25) is 9.59 Å². The molecule has 0 radical (unpaired) electrons. The van der Waals surface area contributed by atoms with Crippen molar-refractivity contribution in [3.8, 4) is 0 Å². The van der Waals surface area contributed by atoms with E-state index in [1.54, 1.807) is 19.9 Å². The second-order valence-corrected chi connectivity index (χ2v) is 6.20. The van der Waals surface area contributed by atoms with Crippen molar-refractivity contribution >= 4 is 17.8 Å². The number of rotatable bonds is 8.